The fraction of sp³-hybridized carbons (Fsp3) is 0.600. The van der Waals surface area contributed by atoms with Gasteiger partial charge in [-0.2, -0.15) is 0 Å². The van der Waals surface area contributed by atoms with Gasteiger partial charge in [0, 0.05) is 32.2 Å². The van der Waals surface area contributed by atoms with Crippen LogP contribution in [0.25, 0.3) is 0 Å². The van der Waals surface area contributed by atoms with Crippen LogP contribution in [0.5, 0.6) is 0 Å². The van der Waals surface area contributed by atoms with E-state index in [9.17, 15) is 9.59 Å². The van der Waals surface area contributed by atoms with Crippen molar-refractivity contribution < 1.29 is 9.59 Å². The Morgan fingerprint density at radius 3 is 2.54 bits per heavy atom. The van der Waals surface area contributed by atoms with Gasteiger partial charge >= 0.3 is 6.03 Å². The standard InChI is InChI=1S/C20H32N4O2/c1-3-4-12-21-20(26)22-16(2)19(25)23-18-10-13-24(14-11-18)15-17-8-6-5-7-9-17/h5-9,16,18H,3-4,10-15H2,1-2H3,(H,23,25)(H2,21,22,26). The van der Waals surface area contributed by atoms with Crippen molar-refractivity contribution in [3.05, 3.63) is 35.9 Å². The van der Waals surface area contributed by atoms with E-state index in [1.807, 2.05) is 6.07 Å². The number of nitrogens with one attached hydrogen (secondary N) is 3. The summed E-state index contributed by atoms with van der Waals surface area (Å²) in [7, 11) is 0. The zero-order chi connectivity index (χ0) is 18.8. The molecular weight excluding hydrogens is 328 g/mol. The molecule has 2 rings (SSSR count). The Kier molecular flexibility index (Phi) is 8.41. The molecule has 6 nitrogen and oxygen atoms in total. The highest BCUT2D eigenvalue weighted by molar-refractivity contribution is 5.86. The van der Waals surface area contributed by atoms with Crippen molar-refractivity contribution in [2.75, 3.05) is 19.6 Å². The molecule has 1 unspecified atom stereocenters. The molecule has 0 aromatic heterocycles. The molecule has 144 valence electrons. The first-order valence-corrected chi connectivity index (χ1v) is 9.69. The van der Waals surface area contributed by atoms with E-state index in [4.69, 9.17) is 0 Å². The van der Waals surface area contributed by atoms with Crippen LogP contribution in [0, 0.1) is 0 Å². The highest BCUT2D eigenvalue weighted by Crippen LogP contribution is 2.14. The van der Waals surface area contributed by atoms with Gasteiger partial charge in [-0.05, 0) is 31.7 Å². The molecule has 1 heterocycles. The average molecular weight is 361 g/mol. The molecule has 1 aliphatic rings. The van der Waals surface area contributed by atoms with Crippen molar-refractivity contribution in [2.24, 2.45) is 0 Å². The van der Waals surface area contributed by atoms with E-state index >= 15 is 0 Å². The zero-order valence-corrected chi connectivity index (χ0v) is 16.0. The molecule has 0 radical (unpaired) electrons. The Bertz CT molecular complexity index is 556. The number of carbonyl (C=O) groups excluding carboxylic acids is 2. The number of hydrogen-bond acceptors (Lipinski definition) is 3. The van der Waals surface area contributed by atoms with Gasteiger partial charge in [-0.1, -0.05) is 43.7 Å². The smallest absolute Gasteiger partial charge is 0.315 e. The van der Waals surface area contributed by atoms with E-state index in [0.717, 1.165) is 45.3 Å². The summed E-state index contributed by atoms with van der Waals surface area (Å²) in [6.07, 6.45) is 3.84. The topological polar surface area (TPSA) is 73.5 Å². The third kappa shape index (κ3) is 7.04. The van der Waals surface area contributed by atoms with E-state index < -0.39 is 6.04 Å². The van der Waals surface area contributed by atoms with Crippen molar-refractivity contribution in [1.29, 1.82) is 0 Å². The van der Waals surface area contributed by atoms with Crippen LogP contribution in [0.4, 0.5) is 4.79 Å². The molecule has 1 aromatic rings. The summed E-state index contributed by atoms with van der Waals surface area (Å²) in [5, 5.41) is 8.53. The lowest BCUT2D eigenvalue weighted by Gasteiger charge is -2.33. The number of urea groups is 1. The summed E-state index contributed by atoms with van der Waals surface area (Å²) in [6, 6.07) is 9.83. The molecule has 1 atom stereocenters. The molecule has 0 spiro atoms. The molecule has 26 heavy (non-hydrogen) atoms. The normalized spacial score (nSPS) is 16.7. The van der Waals surface area contributed by atoms with Gasteiger partial charge in [-0.3, -0.25) is 9.69 Å². The molecule has 0 bridgehead atoms. The maximum absolute atomic E-state index is 12.3. The zero-order valence-electron chi connectivity index (χ0n) is 16.0. The van der Waals surface area contributed by atoms with Crippen LogP contribution >= 0.6 is 0 Å². The predicted octanol–water partition coefficient (Wildman–Crippen LogP) is 2.26. The van der Waals surface area contributed by atoms with Crippen LogP contribution in [-0.4, -0.2) is 48.6 Å². The molecular formula is C20H32N4O2. The van der Waals surface area contributed by atoms with Gasteiger partial charge in [0.2, 0.25) is 5.91 Å². The van der Waals surface area contributed by atoms with Crippen molar-refractivity contribution in [3.63, 3.8) is 0 Å². The first kappa shape index (κ1) is 20.2. The Labute approximate surface area is 156 Å². The Morgan fingerprint density at radius 2 is 1.88 bits per heavy atom. The lowest BCUT2D eigenvalue weighted by atomic mass is 10.0. The lowest BCUT2D eigenvalue weighted by Crippen LogP contribution is -2.52. The summed E-state index contributed by atoms with van der Waals surface area (Å²) in [6.45, 7) is 7.33. The highest BCUT2D eigenvalue weighted by Gasteiger charge is 2.23. The monoisotopic (exact) mass is 360 g/mol. The van der Waals surface area contributed by atoms with Crippen LogP contribution in [0.15, 0.2) is 30.3 Å². The van der Waals surface area contributed by atoms with Gasteiger partial charge in [0.15, 0.2) is 0 Å². The van der Waals surface area contributed by atoms with Crippen LogP contribution in [0.3, 0.4) is 0 Å². The maximum atomic E-state index is 12.3. The fourth-order valence-corrected chi connectivity index (χ4v) is 3.10. The number of unbranched alkanes of at least 4 members (excludes halogenated alkanes) is 1. The molecule has 3 N–H and O–H groups in total. The Balaban J connectivity index is 1.66. The maximum Gasteiger partial charge on any atom is 0.315 e. The first-order valence-electron chi connectivity index (χ1n) is 9.69. The fourth-order valence-electron chi connectivity index (χ4n) is 3.10. The number of rotatable bonds is 8. The number of carbonyl (C=O) groups is 2. The highest BCUT2D eigenvalue weighted by atomic mass is 16.2. The SMILES string of the molecule is CCCCNC(=O)NC(C)C(=O)NC1CCN(Cc2ccccc2)CC1. The van der Waals surface area contributed by atoms with E-state index in [2.05, 4.69) is 52.0 Å². The third-order valence-corrected chi connectivity index (χ3v) is 4.74. The van der Waals surface area contributed by atoms with Crippen molar-refractivity contribution in [2.45, 2.75) is 58.2 Å². The quantitative estimate of drug-likeness (QED) is 0.623. The molecule has 6 heteroatoms. The largest absolute Gasteiger partial charge is 0.351 e. The second-order valence-electron chi connectivity index (χ2n) is 7.02. The van der Waals surface area contributed by atoms with E-state index in [1.165, 1.54) is 5.56 Å². The minimum Gasteiger partial charge on any atom is -0.351 e. The second-order valence-corrected chi connectivity index (χ2v) is 7.02. The second kappa shape index (κ2) is 10.8. The molecule has 0 saturated carbocycles. The number of benzene rings is 1. The van der Waals surface area contributed by atoms with Crippen LogP contribution in [0.1, 0.15) is 45.1 Å². The van der Waals surface area contributed by atoms with Gasteiger partial charge in [0.1, 0.15) is 6.04 Å². The Morgan fingerprint density at radius 1 is 1.19 bits per heavy atom. The van der Waals surface area contributed by atoms with Crippen LogP contribution in [-0.2, 0) is 11.3 Å². The molecule has 1 aromatic carbocycles. The summed E-state index contributed by atoms with van der Waals surface area (Å²) in [4.78, 5) is 26.4. The number of nitrogens with zero attached hydrogens (tertiary/aromatic N) is 1. The minimum absolute atomic E-state index is 0.114. The van der Waals surface area contributed by atoms with E-state index in [-0.39, 0.29) is 18.0 Å². The number of piperidine rings is 1. The summed E-state index contributed by atoms with van der Waals surface area (Å²) < 4.78 is 0. The van der Waals surface area contributed by atoms with Crippen molar-refractivity contribution in [3.8, 4) is 0 Å². The molecule has 3 amide bonds. The summed E-state index contributed by atoms with van der Waals surface area (Å²) in [5.41, 5.74) is 1.32. The molecule has 1 fully saturated rings. The number of amides is 3. The van der Waals surface area contributed by atoms with Gasteiger partial charge < -0.3 is 16.0 Å². The average Bonchev–Trinajstić information content (AvgIpc) is 2.64. The van der Waals surface area contributed by atoms with Gasteiger partial charge in [0.25, 0.3) is 0 Å². The first-order chi connectivity index (χ1) is 12.6. The molecule has 0 aliphatic carbocycles. The van der Waals surface area contributed by atoms with Gasteiger partial charge in [-0.15, -0.1) is 0 Å². The van der Waals surface area contributed by atoms with Gasteiger partial charge in [0.05, 0.1) is 0 Å². The van der Waals surface area contributed by atoms with E-state index in [1.54, 1.807) is 6.92 Å². The van der Waals surface area contributed by atoms with Crippen molar-refractivity contribution >= 4 is 11.9 Å². The number of likely N-dealkylation sites (tertiary alicyclic amines) is 1. The van der Waals surface area contributed by atoms with Crippen molar-refractivity contribution in [1.82, 2.24) is 20.9 Å². The minimum atomic E-state index is -0.529. The number of hydrogen-bond donors (Lipinski definition) is 3. The predicted molar refractivity (Wildman–Crippen MR) is 104 cm³/mol. The molecule has 1 saturated heterocycles. The van der Waals surface area contributed by atoms with E-state index in [0.29, 0.717) is 6.54 Å². The summed E-state index contributed by atoms with van der Waals surface area (Å²) >= 11 is 0. The summed E-state index contributed by atoms with van der Waals surface area (Å²) in [5.74, 6) is -0.114. The Hall–Kier alpha value is -2.08. The molecule has 1 aliphatic heterocycles. The third-order valence-electron chi connectivity index (χ3n) is 4.74. The van der Waals surface area contributed by atoms with Crippen LogP contribution < -0.4 is 16.0 Å². The van der Waals surface area contributed by atoms with Gasteiger partial charge in [-0.25, -0.2) is 4.79 Å². The van der Waals surface area contributed by atoms with Crippen LogP contribution in [0.2, 0.25) is 0 Å². The lowest BCUT2D eigenvalue weighted by molar-refractivity contribution is -0.123.